The quantitative estimate of drug-likeness (QED) is 0.789. The van der Waals surface area contributed by atoms with Crippen molar-refractivity contribution in [3.8, 4) is 5.75 Å². The summed E-state index contributed by atoms with van der Waals surface area (Å²) in [4.78, 5) is 12.1. The highest BCUT2D eigenvalue weighted by atomic mass is 19.2. The fourth-order valence-electron chi connectivity index (χ4n) is 1.79. The van der Waals surface area contributed by atoms with E-state index in [0.717, 1.165) is 6.07 Å². The van der Waals surface area contributed by atoms with Crippen molar-refractivity contribution in [2.75, 3.05) is 0 Å². The SMILES string of the molecule is CC(C)Oc1ccc(C(=O)c2cccc(F)c2F)cc1. The van der Waals surface area contributed by atoms with Crippen molar-refractivity contribution in [2.45, 2.75) is 20.0 Å². The highest BCUT2D eigenvalue weighted by molar-refractivity contribution is 6.09. The van der Waals surface area contributed by atoms with E-state index in [2.05, 4.69) is 0 Å². The molecular weight excluding hydrogens is 262 g/mol. The maximum Gasteiger partial charge on any atom is 0.196 e. The normalized spacial score (nSPS) is 10.7. The molecule has 4 heteroatoms. The summed E-state index contributed by atoms with van der Waals surface area (Å²) in [7, 11) is 0. The number of carbonyl (C=O) groups is 1. The first kappa shape index (κ1) is 14.2. The van der Waals surface area contributed by atoms with Crippen LogP contribution in [0.2, 0.25) is 0 Å². The molecule has 2 aromatic carbocycles. The predicted molar refractivity (Wildman–Crippen MR) is 72.0 cm³/mol. The van der Waals surface area contributed by atoms with Gasteiger partial charge in [-0.05, 0) is 50.2 Å². The van der Waals surface area contributed by atoms with Gasteiger partial charge in [0.05, 0.1) is 11.7 Å². The van der Waals surface area contributed by atoms with Gasteiger partial charge in [0.2, 0.25) is 0 Å². The fraction of sp³-hybridized carbons (Fsp3) is 0.188. The summed E-state index contributed by atoms with van der Waals surface area (Å²) in [6.07, 6.45) is 0.0252. The molecule has 0 saturated carbocycles. The zero-order valence-corrected chi connectivity index (χ0v) is 11.2. The Hall–Kier alpha value is -2.23. The topological polar surface area (TPSA) is 26.3 Å². The van der Waals surface area contributed by atoms with E-state index in [4.69, 9.17) is 4.74 Å². The third-order valence-corrected chi connectivity index (χ3v) is 2.68. The zero-order valence-electron chi connectivity index (χ0n) is 11.2. The average molecular weight is 276 g/mol. The highest BCUT2D eigenvalue weighted by Crippen LogP contribution is 2.19. The Kier molecular flexibility index (Phi) is 4.13. The van der Waals surface area contributed by atoms with Gasteiger partial charge >= 0.3 is 0 Å². The van der Waals surface area contributed by atoms with E-state index in [0.29, 0.717) is 5.75 Å². The van der Waals surface area contributed by atoms with Gasteiger partial charge in [-0.1, -0.05) is 6.07 Å². The fourth-order valence-corrected chi connectivity index (χ4v) is 1.79. The summed E-state index contributed by atoms with van der Waals surface area (Å²) in [6.45, 7) is 3.78. The molecule has 2 rings (SSSR count). The number of ketones is 1. The maximum atomic E-state index is 13.6. The highest BCUT2D eigenvalue weighted by Gasteiger charge is 2.16. The van der Waals surface area contributed by atoms with Crippen LogP contribution in [-0.2, 0) is 0 Å². The molecule has 0 saturated heterocycles. The Bertz CT molecular complexity index is 619. The Morgan fingerprint density at radius 1 is 1.05 bits per heavy atom. The number of rotatable bonds is 4. The van der Waals surface area contributed by atoms with Crippen LogP contribution in [0.3, 0.4) is 0 Å². The van der Waals surface area contributed by atoms with E-state index in [9.17, 15) is 13.6 Å². The van der Waals surface area contributed by atoms with Crippen molar-refractivity contribution >= 4 is 5.78 Å². The van der Waals surface area contributed by atoms with Gasteiger partial charge in [-0.25, -0.2) is 8.78 Å². The van der Waals surface area contributed by atoms with Crippen molar-refractivity contribution in [3.63, 3.8) is 0 Å². The molecule has 0 aliphatic carbocycles. The van der Waals surface area contributed by atoms with Gasteiger partial charge in [0.15, 0.2) is 17.4 Å². The molecule has 0 heterocycles. The Labute approximate surface area is 116 Å². The summed E-state index contributed by atoms with van der Waals surface area (Å²) in [5.41, 5.74) is 0.00753. The minimum atomic E-state index is -1.12. The molecule has 2 aromatic rings. The first-order valence-electron chi connectivity index (χ1n) is 6.24. The van der Waals surface area contributed by atoms with Gasteiger partial charge in [0.25, 0.3) is 0 Å². The number of carbonyl (C=O) groups excluding carboxylic acids is 1. The lowest BCUT2D eigenvalue weighted by atomic mass is 10.0. The molecule has 104 valence electrons. The molecule has 0 spiro atoms. The van der Waals surface area contributed by atoms with Crippen LogP contribution in [0.15, 0.2) is 42.5 Å². The number of hydrogen-bond acceptors (Lipinski definition) is 2. The second-order valence-corrected chi connectivity index (χ2v) is 4.62. The van der Waals surface area contributed by atoms with Crippen LogP contribution >= 0.6 is 0 Å². The van der Waals surface area contributed by atoms with Crippen LogP contribution in [0.1, 0.15) is 29.8 Å². The minimum absolute atomic E-state index is 0.0252. The molecular formula is C16H14F2O2. The first-order chi connectivity index (χ1) is 9.49. The van der Waals surface area contributed by atoms with Crippen LogP contribution in [-0.4, -0.2) is 11.9 Å². The summed E-state index contributed by atoms with van der Waals surface area (Å²) >= 11 is 0. The molecule has 0 atom stereocenters. The van der Waals surface area contributed by atoms with Gasteiger partial charge in [-0.3, -0.25) is 4.79 Å². The van der Waals surface area contributed by atoms with Crippen LogP contribution in [0, 0.1) is 11.6 Å². The molecule has 20 heavy (non-hydrogen) atoms. The van der Waals surface area contributed by atoms with Crippen LogP contribution in [0.4, 0.5) is 8.78 Å². The molecule has 0 aliphatic rings. The Morgan fingerprint density at radius 3 is 2.30 bits per heavy atom. The zero-order chi connectivity index (χ0) is 14.7. The standard InChI is InChI=1S/C16H14F2O2/c1-10(2)20-12-8-6-11(7-9-12)16(19)13-4-3-5-14(17)15(13)18/h3-10H,1-2H3. The third kappa shape index (κ3) is 3.02. The van der Waals surface area contributed by atoms with Crippen molar-refractivity contribution in [1.29, 1.82) is 0 Å². The number of benzene rings is 2. The largest absolute Gasteiger partial charge is 0.491 e. The molecule has 0 N–H and O–H groups in total. The van der Waals surface area contributed by atoms with Gasteiger partial charge in [0, 0.05) is 5.56 Å². The lowest BCUT2D eigenvalue weighted by molar-refractivity contribution is 0.103. The summed E-state index contributed by atoms with van der Waals surface area (Å²) < 4.78 is 32.1. The average Bonchev–Trinajstić information content (AvgIpc) is 2.41. The molecule has 0 fully saturated rings. The smallest absolute Gasteiger partial charge is 0.196 e. The molecule has 0 bridgehead atoms. The van der Waals surface area contributed by atoms with Gasteiger partial charge in [0.1, 0.15) is 5.75 Å². The van der Waals surface area contributed by atoms with E-state index in [-0.39, 0.29) is 17.2 Å². The lowest BCUT2D eigenvalue weighted by Crippen LogP contribution is -2.07. The van der Waals surface area contributed by atoms with Crippen LogP contribution < -0.4 is 4.74 Å². The van der Waals surface area contributed by atoms with Gasteiger partial charge in [-0.15, -0.1) is 0 Å². The van der Waals surface area contributed by atoms with E-state index in [1.807, 2.05) is 13.8 Å². The third-order valence-electron chi connectivity index (χ3n) is 2.68. The molecule has 2 nitrogen and oxygen atoms in total. The van der Waals surface area contributed by atoms with E-state index in [1.165, 1.54) is 24.3 Å². The second-order valence-electron chi connectivity index (χ2n) is 4.62. The minimum Gasteiger partial charge on any atom is -0.491 e. The van der Waals surface area contributed by atoms with E-state index < -0.39 is 17.4 Å². The van der Waals surface area contributed by atoms with Gasteiger partial charge in [-0.2, -0.15) is 0 Å². The van der Waals surface area contributed by atoms with Gasteiger partial charge < -0.3 is 4.74 Å². The second kappa shape index (κ2) is 5.82. The van der Waals surface area contributed by atoms with Crippen LogP contribution in [0.5, 0.6) is 5.75 Å². The Balaban J connectivity index is 2.27. The summed E-state index contributed by atoms with van der Waals surface area (Å²) in [6, 6.07) is 9.87. The van der Waals surface area contributed by atoms with Crippen molar-refractivity contribution < 1.29 is 18.3 Å². The summed E-state index contributed by atoms with van der Waals surface area (Å²) in [5, 5.41) is 0. The monoisotopic (exact) mass is 276 g/mol. The first-order valence-corrected chi connectivity index (χ1v) is 6.24. The molecule has 0 aromatic heterocycles. The number of ether oxygens (including phenoxy) is 1. The van der Waals surface area contributed by atoms with Crippen molar-refractivity contribution in [1.82, 2.24) is 0 Å². The molecule has 0 aliphatic heterocycles. The Morgan fingerprint density at radius 2 is 1.70 bits per heavy atom. The predicted octanol–water partition coefficient (Wildman–Crippen LogP) is 3.98. The van der Waals surface area contributed by atoms with Crippen molar-refractivity contribution in [2.24, 2.45) is 0 Å². The molecule has 0 unspecified atom stereocenters. The number of halogens is 2. The summed E-state index contributed by atoms with van der Waals surface area (Å²) in [5.74, 6) is -2.09. The molecule has 0 radical (unpaired) electrons. The number of hydrogen-bond donors (Lipinski definition) is 0. The molecule has 0 amide bonds. The van der Waals surface area contributed by atoms with E-state index >= 15 is 0 Å². The lowest BCUT2D eigenvalue weighted by Gasteiger charge is -2.10. The van der Waals surface area contributed by atoms with Crippen LogP contribution in [0.25, 0.3) is 0 Å². The van der Waals surface area contributed by atoms with Crippen molar-refractivity contribution in [3.05, 3.63) is 65.2 Å². The van der Waals surface area contributed by atoms with E-state index in [1.54, 1.807) is 12.1 Å². The maximum absolute atomic E-state index is 13.6.